The van der Waals surface area contributed by atoms with Crippen molar-refractivity contribution in [2.45, 2.75) is 0 Å². The van der Waals surface area contributed by atoms with Crippen molar-refractivity contribution < 1.29 is 8.76 Å². The van der Waals surface area contributed by atoms with Crippen molar-refractivity contribution in [3.05, 3.63) is 36.4 Å². The largest absolute Gasteiger partial charge is 0.759 e. The Morgan fingerprint density at radius 3 is 1.36 bits per heavy atom. The molecule has 5 heteroatoms. The summed E-state index contributed by atoms with van der Waals surface area (Å²) < 4.78 is 19.7. The first-order valence-corrected chi connectivity index (χ1v) is 4.18. The van der Waals surface area contributed by atoms with Crippen LogP contribution in [0, 0.1) is 0 Å². The molecule has 0 aliphatic carbocycles. The third-order valence-electron chi connectivity index (χ3n) is 0.730. The van der Waals surface area contributed by atoms with Gasteiger partial charge in [-0.25, -0.2) is 0 Å². The lowest BCUT2D eigenvalue weighted by Crippen LogP contribution is -2.00. The normalized spacial score (nSPS) is 11.1. The van der Waals surface area contributed by atoms with Gasteiger partial charge in [0.05, 0.1) is 0 Å². The molecular formula is C6H7ClNO2S-. The molecule has 1 atom stereocenters. The molecule has 0 bridgehead atoms. The van der Waals surface area contributed by atoms with Gasteiger partial charge in [-0.2, -0.15) is 4.24 Å². The summed E-state index contributed by atoms with van der Waals surface area (Å²) >= 11 is 2.17. The maximum absolute atomic E-state index is 9.12. The van der Waals surface area contributed by atoms with Crippen molar-refractivity contribution >= 4 is 23.0 Å². The van der Waals surface area contributed by atoms with Gasteiger partial charge in [-0.05, 0) is 11.8 Å². The lowest BCUT2D eigenvalue weighted by molar-refractivity contribution is 0.534. The Hall–Kier alpha value is -0.420. The number of nitrogens with one attached hydrogen (secondary N) is 1. The van der Waals surface area contributed by atoms with E-state index in [1.807, 2.05) is 36.4 Å². The second kappa shape index (κ2) is 7.68. The fraction of sp³-hybridized carbons (Fsp3) is 0. The molecule has 1 aromatic rings. The van der Waals surface area contributed by atoms with E-state index >= 15 is 0 Å². The van der Waals surface area contributed by atoms with E-state index in [0.29, 0.717) is 0 Å². The van der Waals surface area contributed by atoms with E-state index in [1.54, 1.807) is 0 Å². The monoisotopic (exact) mass is 192 g/mol. The quantitative estimate of drug-likeness (QED) is 0.537. The third-order valence-corrected chi connectivity index (χ3v) is 1.23. The molecule has 1 aromatic carbocycles. The standard InChI is InChI=1S/C6H6.ClH2NO2S/c1-2-4-6-5-3-1;1-2-5(3)4/h1-6H;2H,(H,3,4)/p-1. The third kappa shape index (κ3) is 9.58. The fourth-order valence-corrected chi connectivity index (χ4v) is 0.385. The van der Waals surface area contributed by atoms with Crippen LogP contribution in [0.25, 0.3) is 0 Å². The van der Waals surface area contributed by atoms with Gasteiger partial charge >= 0.3 is 0 Å². The van der Waals surface area contributed by atoms with Crippen LogP contribution in [0.3, 0.4) is 0 Å². The number of hydrogen-bond acceptors (Lipinski definition) is 2. The lowest BCUT2D eigenvalue weighted by Gasteiger charge is -1.93. The molecule has 0 heterocycles. The number of benzene rings is 1. The molecule has 62 valence electrons. The van der Waals surface area contributed by atoms with Crippen LogP contribution in [0.2, 0.25) is 0 Å². The van der Waals surface area contributed by atoms with E-state index in [2.05, 4.69) is 11.8 Å². The van der Waals surface area contributed by atoms with E-state index in [1.165, 1.54) is 4.24 Å². The van der Waals surface area contributed by atoms with Gasteiger partial charge < -0.3 is 4.55 Å². The summed E-state index contributed by atoms with van der Waals surface area (Å²) in [6, 6.07) is 12.0. The van der Waals surface area contributed by atoms with Crippen LogP contribution >= 0.6 is 11.8 Å². The maximum atomic E-state index is 9.12. The Morgan fingerprint density at radius 1 is 1.09 bits per heavy atom. The number of halogens is 1. The van der Waals surface area contributed by atoms with Crippen molar-refractivity contribution in [3.8, 4) is 0 Å². The minimum atomic E-state index is -2.31. The molecule has 0 saturated carbocycles. The first-order chi connectivity index (χ1) is 5.27. The first kappa shape index (κ1) is 10.6. The SMILES string of the molecule is O=S([O-])NCl.c1ccccc1. The van der Waals surface area contributed by atoms with Gasteiger partial charge in [-0.15, -0.1) is 0 Å². The molecule has 1 N–H and O–H groups in total. The zero-order chi connectivity index (χ0) is 8.53. The van der Waals surface area contributed by atoms with Gasteiger partial charge in [0.1, 0.15) is 0 Å². The highest BCUT2D eigenvalue weighted by atomic mass is 35.5. The van der Waals surface area contributed by atoms with Crippen LogP contribution in [0.5, 0.6) is 0 Å². The second-order valence-corrected chi connectivity index (χ2v) is 2.55. The molecule has 0 amide bonds. The Labute approximate surface area is 72.9 Å². The van der Waals surface area contributed by atoms with Gasteiger partial charge in [0.2, 0.25) is 0 Å². The van der Waals surface area contributed by atoms with Crippen LogP contribution in [0.15, 0.2) is 36.4 Å². The zero-order valence-electron chi connectivity index (χ0n) is 5.57. The molecule has 0 spiro atoms. The molecule has 0 aliphatic rings. The highest BCUT2D eigenvalue weighted by Crippen LogP contribution is 1.79. The van der Waals surface area contributed by atoms with Gasteiger partial charge in [0, 0.05) is 11.3 Å². The van der Waals surface area contributed by atoms with Crippen molar-refractivity contribution in [2.75, 3.05) is 0 Å². The molecular weight excluding hydrogens is 186 g/mol. The van der Waals surface area contributed by atoms with E-state index < -0.39 is 11.3 Å². The maximum Gasteiger partial charge on any atom is 0.0329 e. The van der Waals surface area contributed by atoms with Gasteiger partial charge in [-0.1, -0.05) is 36.4 Å². The molecule has 0 fully saturated rings. The van der Waals surface area contributed by atoms with Crippen LogP contribution in [0.4, 0.5) is 0 Å². The summed E-state index contributed by atoms with van der Waals surface area (Å²) in [6.07, 6.45) is 0. The first-order valence-electron chi connectivity index (χ1n) is 2.73. The number of rotatable bonds is 1. The van der Waals surface area contributed by atoms with Crippen LogP contribution in [-0.4, -0.2) is 8.76 Å². The van der Waals surface area contributed by atoms with Gasteiger partial charge in [0.25, 0.3) is 0 Å². The molecule has 0 radical (unpaired) electrons. The molecule has 1 rings (SSSR count). The summed E-state index contributed by atoms with van der Waals surface area (Å²) in [6.45, 7) is 0. The Kier molecular flexibility index (Phi) is 7.39. The Bertz CT molecular complexity index is 168. The van der Waals surface area contributed by atoms with E-state index in [9.17, 15) is 0 Å². The summed E-state index contributed by atoms with van der Waals surface area (Å²) in [5.74, 6) is 0. The Balaban J connectivity index is 0.000000187. The number of hydrogen-bond donors (Lipinski definition) is 1. The van der Waals surface area contributed by atoms with E-state index in [0.717, 1.165) is 0 Å². The van der Waals surface area contributed by atoms with Crippen LogP contribution in [-0.2, 0) is 11.3 Å². The van der Waals surface area contributed by atoms with Crippen molar-refractivity contribution in [1.82, 2.24) is 4.24 Å². The predicted octanol–water partition coefficient (Wildman–Crippen LogP) is 1.21. The predicted molar refractivity (Wildman–Crippen MR) is 44.4 cm³/mol. The van der Waals surface area contributed by atoms with E-state index in [-0.39, 0.29) is 0 Å². The second-order valence-electron chi connectivity index (χ2n) is 1.47. The van der Waals surface area contributed by atoms with Crippen molar-refractivity contribution in [2.24, 2.45) is 0 Å². The molecule has 11 heavy (non-hydrogen) atoms. The lowest BCUT2D eigenvalue weighted by atomic mass is 10.4. The summed E-state index contributed by atoms with van der Waals surface area (Å²) in [5, 5.41) is 0. The minimum absolute atomic E-state index is 1.42. The van der Waals surface area contributed by atoms with Gasteiger partial charge in [0.15, 0.2) is 0 Å². The van der Waals surface area contributed by atoms with Crippen LogP contribution < -0.4 is 4.24 Å². The average Bonchev–Trinajstić information content (AvgIpc) is 2.09. The molecule has 0 aliphatic heterocycles. The highest BCUT2D eigenvalue weighted by molar-refractivity contribution is 7.78. The fourth-order valence-electron chi connectivity index (χ4n) is 0.385. The highest BCUT2D eigenvalue weighted by Gasteiger charge is 1.60. The zero-order valence-corrected chi connectivity index (χ0v) is 7.14. The van der Waals surface area contributed by atoms with Crippen molar-refractivity contribution in [3.63, 3.8) is 0 Å². The van der Waals surface area contributed by atoms with Crippen molar-refractivity contribution in [1.29, 1.82) is 0 Å². The summed E-state index contributed by atoms with van der Waals surface area (Å²) in [7, 11) is 0. The molecule has 3 nitrogen and oxygen atoms in total. The molecule has 0 saturated heterocycles. The molecule has 1 unspecified atom stereocenters. The summed E-state index contributed by atoms with van der Waals surface area (Å²) in [4.78, 5) is 0. The van der Waals surface area contributed by atoms with Crippen LogP contribution in [0.1, 0.15) is 0 Å². The average molecular weight is 193 g/mol. The Morgan fingerprint density at radius 2 is 1.27 bits per heavy atom. The smallest absolute Gasteiger partial charge is 0.0329 e. The molecule has 0 aromatic heterocycles. The summed E-state index contributed by atoms with van der Waals surface area (Å²) in [5.41, 5.74) is 0. The van der Waals surface area contributed by atoms with E-state index in [4.69, 9.17) is 8.76 Å². The minimum Gasteiger partial charge on any atom is -0.759 e. The van der Waals surface area contributed by atoms with Gasteiger partial charge in [-0.3, -0.25) is 4.21 Å². The topological polar surface area (TPSA) is 52.2 Å².